The first-order valence-corrected chi connectivity index (χ1v) is 12.0. The number of halogens is 1. The average molecular weight is 517 g/mol. The van der Waals surface area contributed by atoms with Gasteiger partial charge in [-0.1, -0.05) is 12.6 Å². The number of morpholine rings is 1. The third-order valence-electron chi connectivity index (χ3n) is 5.66. The summed E-state index contributed by atoms with van der Waals surface area (Å²) in [5.41, 5.74) is 10.1. The van der Waals surface area contributed by atoms with Gasteiger partial charge < -0.3 is 15.0 Å². The maximum Gasteiger partial charge on any atom is 0.288 e. The van der Waals surface area contributed by atoms with Crippen molar-refractivity contribution < 1.29 is 13.9 Å². The first kappa shape index (κ1) is 26.4. The van der Waals surface area contributed by atoms with E-state index in [1.165, 1.54) is 6.20 Å². The molecule has 10 nitrogen and oxygen atoms in total. The molecular formula is C27H29FN8O2. The molecule has 11 heteroatoms. The van der Waals surface area contributed by atoms with Crippen molar-refractivity contribution in [1.82, 2.24) is 20.4 Å². The van der Waals surface area contributed by atoms with Crippen LogP contribution in [0.15, 0.2) is 66.6 Å². The fourth-order valence-corrected chi connectivity index (χ4v) is 3.76. The van der Waals surface area contributed by atoms with Crippen LogP contribution in [0.1, 0.15) is 28.5 Å². The molecule has 0 unspecified atom stereocenters. The van der Waals surface area contributed by atoms with Gasteiger partial charge in [0.25, 0.3) is 5.91 Å². The van der Waals surface area contributed by atoms with E-state index in [0.717, 1.165) is 34.3 Å². The zero-order valence-corrected chi connectivity index (χ0v) is 21.2. The molecule has 1 aromatic carbocycles. The van der Waals surface area contributed by atoms with Crippen LogP contribution in [0.4, 0.5) is 27.5 Å². The second kappa shape index (κ2) is 12.5. The minimum Gasteiger partial charge on any atom is -0.378 e. The molecule has 0 radical (unpaired) electrons. The SMILES string of the molecule is C=C/N=C\C=C(/C)c1cc(C)cc(Nc2ccc(C(=O)NNc3ncc(F)c(N4CCOCC4)n3)nc2)c1. The largest absolute Gasteiger partial charge is 0.378 e. The Bertz CT molecular complexity index is 1350. The molecular weight excluding hydrogens is 487 g/mol. The zero-order chi connectivity index (χ0) is 26.9. The number of pyridine rings is 1. The molecule has 1 amide bonds. The number of hydrazine groups is 1. The van der Waals surface area contributed by atoms with E-state index in [2.05, 4.69) is 48.8 Å². The van der Waals surface area contributed by atoms with Gasteiger partial charge in [0, 0.05) is 31.2 Å². The minimum atomic E-state index is -0.540. The molecule has 4 rings (SSSR count). The first-order valence-electron chi connectivity index (χ1n) is 12.0. The van der Waals surface area contributed by atoms with Crippen LogP contribution in [0.2, 0.25) is 0 Å². The number of anilines is 4. The van der Waals surface area contributed by atoms with Crippen molar-refractivity contribution in [2.75, 3.05) is 41.9 Å². The molecule has 0 atom stereocenters. The topological polar surface area (TPSA) is 117 Å². The van der Waals surface area contributed by atoms with Crippen LogP contribution in [0, 0.1) is 12.7 Å². The third-order valence-corrected chi connectivity index (χ3v) is 5.66. The molecule has 2 aromatic heterocycles. The summed E-state index contributed by atoms with van der Waals surface area (Å²) in [6.07, 6.45) is 7.74. The monoisotopic (exact) mass is 516 g/mol. The third kappa shape index (κ3) is 6.98. The Morgan fingerprint density at radius 2 is 1.97 bits per heavy atom. The second-order valence-corrected chi connectivity index (χ2v) is 8.52. The van der Waals surface area contributed by atoms with Gasteiger partial charge in [-0.3, -0.25) is 20.6 Å². The predicted molar refractivity (Wildman–Crippen MR) is 147 cm³/mol. The van der Waals surface area contributed by atoms with Gasteiger partial charge in [0.05, 0.1) is 31.3 Å². The molecule has 1 fully saturated rings. The molecule has 1 saturated heterocycles. The second-order valence-electron chi connectivity index (χ2n) is 8.52. The van der Waals surface area contributed by atoms with E-state index in [4.69, 9.17) is 4.74 Å². The van der Waals surface area contributed by atoms with Gasteiger partial charge >= 0.3 is 0 Å². The summed E-state index contributed by atoms with van der Waals surface area (Å²) in [5.74, 6) is -0.808. The lowest BCUT2D eigenvalue weighted by Crippen LogP contribution is -2.38. The molecule has 3 heterocycles. The van der Waals surface area contributed by atoms with Gasteiger partial charge in [-0.05, 0) is 60.9 Å². The quantitative estimate of drug-likeness (QED) is 0.285. The zero-order valence-electron chi connectivity index (χ0n) is 21.2. The lowest BCUT2D eigenvalue weighted by atomic mass is 10.0. The number of ether oxygens (including phenoxy) is 1. The minimum absolute atomic E-state index is 0.0647. The number of aliphatic imine (C=N–C) groups is 1. The van der Waals surface area contributed by atoms with Crippen molar-refractivity contribution in [3.8, 4) is 0 Å². The number of hydrogen-bond donors (Lipinski definition) is 3. The molecule has 1 aliphatic heterocycles. The highest BCUT2D eigenvalue weighted by Crippen LogP contribution is 2.24. The van der Waals surface area contributed by atoms with Crippen LogP contribution in [0.3, 0.4) is 0 Å². The molecule has 3 aromatic rings. The fourth-order valence-electron chi connectivity index (χ4n) is 3.76. The standard InChI is InChI=1S/C27H29FN8O2/c1-4-29-8-7-19(3)20-13-18(2)14-22(15-20)32-21-5-6-24(30-16-21)26(37)34-35-27-31-17-23(28)25(33-27)36-9-11-38-12-10-36/h4-8,13-17,32H,1,9-12H2,2-3H3,(H,34,37)(H,31,33,35)/b19-7+,29-8-. The van der Waals surface area contributed by atoms with E-state index in [-0.39, 0.29) is 17.5 Å². The summed E-state index contributed by atoms with van der Waals surface area (Å²) in [4.78, 5) is 30.7. The maximum atomic E-state index is 14.2. The van der Waals surface area contributed by atoms with Crippen LogP contribution >= 0.6 is 0 Å². The number of nitrogens with zero attached hydrogens (tertiary/aromatic N) is 5. The number of nitrogens with one attached hydrogen (secondary N) is 3. The first-order chi connectivity index (χ1) is 18.4. The number of aryl methyl sites for hydroxylation is 1. The number of amides is 1. The summed E-state index contributed by atoms with van der Waals surface area (Å²) >= 11 is 0. The number of aromatic nitrogens is 3. The summed E-state index contributed by atoms with van der Waals surface area (Å²) in [5, 5.41) is 3.32. The van der Waals surface area contributed by atoms with E-state index in [1.54, 1.807) is 29.4 Å². The molecule has 0 bridgehead atoms. The predicted octanol–water partition coefficient (Wildman–Crippen LogP) is 4.27. The van der Waals surface area contributed by atoms with E-state index in [1.807, 2.05) is 32.1 Å². The van der Waals surface area contributed by atoms with Crippen molar-refractivity contribution >= 4 is 40.8 Å². The summed E-state index contributed by atoms with van der Waals surface area (Å²) in [6.45, 7) is 9.64. The molecule has 38 heavy (non-hydrogen) atoms. The van der Waals surface area contributed by atoms with Gasteiger partial charge in [0.1, 0.15) is 5.69 Å². The van der Waals surface area contributed by atoms with E-state index >= 15 is 0 Å². The summed E-state index contributed by atoms with van der Waals surface area (Å²) < 4.78 is 19.5. The number of rotatable bonds is 9. The van der Waals surface area contributed by atoms with Crippen molar-refractivity contribution in [2.24, 2.45) is 4.99 Å². The molecule has 0 saturated carbocycles. The Hall–Kier alpha value is -4.64. The molecule has 0 spiro atoms. The van der Waals surface area contributed by atoms with Gasteiger partial charge in [-0.25, -0.2) is 14.4 Å². The Balaban J connectivity index is 1.38. The highest BCUT2D eigenvalue weighted by molar-refractivity contribution is 5.93. The van der Waals surface area contributed by atoms with Crippen LogP contribution in [-0.4, -0.2) is 53.4 Å². The van der Waals surface area contributed by atoms with Gasteiger partial charge in [-0.15, -0.1) is 0 Å². The molecule has 3 N–H and O–H groups in total. The van der Waals surface area contributed by atoms with Crippen molar-refractivity contribution in [1.29, 1.82) is 0 Å². The number of allylic oxidation sites excluding steroid dienone is 2. The number of hydrogen-bond acceptors (Lipinski definition) is 9. The lowest BCUT2D eigenvalue weighted by molar-refractivity contribution is 0.0957. The highest BCUT2D eigenvalue weighted by Gasteiger charge is 2.18. The smallest absolute Gasteiger partial charge is 0.288 e. The van der Waals surface area contributed by atoms with E-state index in [0.29, 0.717) is 26.3 Å². The maximum absolute atomic E-state index is 14.2. The van der Waals surface area contributed by atoms with Crippen LogP contribution in [-0.2, 0) is 4.74 Å². The fraction of sp³-hybridized carbons (Fsp3) is 0.222. The Kier molecular flexibility index (Phi) is 8.73. The van der Waals surface area contributed by atoms with Crippen LogP contribution in [0.25, 0.3) is 5.57 Å². The Labute approximate surface area is 220 Å². The van der Waals surface area contributed by atoms with Crippen molar-refractivity contribution in [2.45, 2.75) is 13.8 Å². The van der Waals surface area contributed by atoms with Crippen molar-refractivity contribution in [3.05, 3.63) is 84.2 Å². The van der Waals surface area contributed by atoms with Gasteiger partial charge in [-0.2, -0.15) is 4.98 Å². The lowest BCUT2D eigenvalue weighted by Gasteiger charge is -2.28. The van der Waals surface area contributed by atoms with Crippen molar-refractivity contribution in [3.63, 3.8) is 0 Å². The highest BCUT2D eigenvalue weighted by atomic mass is 19.1. The summed E-state index contributed by atoms with van der Waals surface area (Å²) in [7, 11) is 0. The van der Waals surface area contributed by atoms with Crippen LogP contribution in [0.5, 0.6) is 0 Å². The Morgan fingerprint density at radius 3 is 2.71 bits per heavy atom. The van der Waals surface area contributed by atoms with Gasteiger partial charge in [0.15, 0.2) is 11.6 Å². The molecule has 0 aliphatic carbocycles. The van der Waals surface area contributed by atoms with E-state index < -0.39 is 11.7 Å². The number of benzene rings is 1. The van der Waals surface area contributed by atoms with Gasteiger partial charge in [0.2, 0.25) is 5.95 Å². The Morgan fingerprint density at radius 1 is 1.16 bits per heavy atom. The normalized spacial score (nSPS) is 13.9. The average Bonchev–Trinajstić information content (AvgIpc) is 2.93. The number of carbonyl (C=O) groups excluding carboxylic acids is 1. The van der Waals surface area contributed by atoms with E-state index in [9.17, 15) is 9.18 Å². The molecule has 196 valence electrons. The number of carbonyl (C=O) groups is 1. The van der Waals surface area contributed by atoms with Crippen LogP contribution < -0.4 is 21.1 Å². The molecule has 1 aliphatic rings. The summed E-state index contributed by atoms with van der Waals surface area (Å²) in [6, 6.07) is 9.49.